The lowest BCUT2D eigenvalue weighted by molar-refractivity contribution is 0.543. The van der Waals surface area contributed by atoms with Crippen molar-refractivity contribution >= 4 is 10.9 Å². The van der Waals surface area contributed by atoms with Crippen molar-refractivity contribution in [3.8, 4) is 33.8 Å². The van der Waals surface area contributed by atoms with Crippen LogP contribution in [0, 0.1) is 11.8 Å². The molecule has 2 aliphatic heterocycles. The van der Waals surface area contributed by atoms with Gasteiger partial charge in [0.15, 0.2) is 0 Å². The molecular weight excluding hydrogens is 470 g/mol. The average Bonchev–Trinajstić information content (AvgIpc) is 3.52. The SMILES string of the molecule is c1cc(-c2c[nH]c([C@@H]3C[C@H]4C[C@H]4N3)n2)ccc1-c1ccc2nc(-c3c[nH]c([C@@H]4C[C@H]5C[C@H]5N4)n3)ccc2c1. The lowest BCUT2D eigenvalue weighted by Gasteiger charge is -2.09. The molecule has 188 valence electrons. The number of pyridine rings is 1. The van der Waals surface area contributed by atoms with E-state index in [4.69, 9.17) is 15.0 Å². The van der Waals surface area contributed by atoms with E-state index < -0.39 is 0 Å². The standard InChI is InChI=1S/C31H29N7/c1-3-17(28-14-32-30(37-28)26-12-20-10-24(20)35-26)4-2-16(1)18-5-7-22-19(9-18)6-8-23(34-22)29-15-33-31(38-29)27-13-21-11-25(21)36-27/h1-9,14-15,20-21,24-27,35-36H,10-13H2,(H,32,37)(H,33,38)/t20-,21-,24-,25-,26+,27+/m1/s1. The summed E-state index contributed by atoms with van der Waals surface area (Å²) in [4.78, 5) is 21.4. The second-order valence-electron chi connectivity index (χ2n) is 11.6. The van der Waals surface area contributed by atoms with Crippen molar-refractivity contribution in [3.63, 3.8) is 0 Å². The minimum absolute atomic E-state index is 0.353. The van der Waals surface area contributed by atoms with Crippen molar-refractivity contribution < 1.29 is 0 Å². The summed E-state index contributed by atoms with van der Waals surface area (Å²) in [6.07, 6.45) is 9.07. The molecule has 38 heavy (non-hydrogen) atoms. The van der Waals surface area contributed by atoms with Gasteiger partial charge in [0.1, 0.15) is 17.3 Å². The molecule has 5 heterocycles. The molecule has 0 amide bonds. The molecule has 7 heteroatoms. The van der Waals surface area contributed by atoms with Crippen LogP contribution < -0.4 is 10.6 Å². The van der Waals surface area contributed by atoms with Crippen LogP contribution >= 0.6 is 0 Å². The zero-order chi connectivity index (χ0) is 24.8. The highest BCUT2D eigenvalue weighted by atomic mass is 15.1. The van der Waals surface area contributed by atoms with Crippen LogP contribution in [-0.4, -0.2) is 37.0 Å². The van der Waals surface area contributed by atoms with Gasteiger partial charge in [-0.05, 0) is 66.8 Å². The minimum atomic E-state index is 0.353. The molecule has 9 rings (SSSR count). The number of aromatic nitrogens is 5. The molecule has 0 spiro atoms. The fourth-order valence-electron chi connectivity index (χ4n) is 6.65. The fraction of sp³-hybridized carbons (Fsp3) is 0.323. The Hall–Kier alpha value is -3.81. The molecule has 2 aliphatic carbocycles. The second-order valence-corrected chi connectivity index (χ2v) is 11.6. The Bertz CT molecular complexity index is 1660. The predicted molar refractivity (Wildman–Crippen MR) is 147 cm³/mol. The summed E-state index contributed by atoms with van der Waals surface area (Å²) in [6, 6.07) is 21.6. The maximum Gasteiger partial charge on any atom is 0.124 e. The van der Waals surface area contributed by atoms with Crippen LogP contribution in [0.25, 0.3) is 44.7 Å². The molecule has 0 bridgehead atoms. The van der Waals surface area contributed by atoms with Crippen LogP contribution in [0.5, 0.6) is 0 Å². The summed E-state index contributed by atoms with van der Waals surface area (Å²) in [5, 5.41) is 8.47. The first-order valence-corrected chi connectivity index (χ1v) is 13.9. The summed E-state index contributed by atoms with van der Waals surface area (Å²) in [6.45, 7) is 0. The van der Waals surface area contributed by atoms with Crippen molar-refractivity contribution in [2.45, 2.75) is 49.9 Å². The summed E-state index contributed by atoms with van der Waals surface area (Å²) in [5.41, 5.74) is 7.31. The van der Waals surface area contributed by atoms with Crippen LogP contribution in [0.2, 0.25) is 0 Å². The Morgan fingerprint density at radius 2 is 1.18 bits per heavy atom. The van der Waals surface area contributed by atoms with E-state index in [2.05, 4.69) is 75.2 Å². The summed E-state index contributed by atoms with van der Waals surface area (Å²) >= 11 is 0. The molecule has 0 radical (unpaired) electrons. The summed E-state index contributed by atoms with van der Waals surface area (Å²) in [5.74, 6) is 3.81. The lowest BCUT2D eigenvalue weighted by atomic mass is 10.0. The molecule has 5 aromatic rings. The van der Waals surface area contributed by atoms with E-state index in [1.165, 1.54) is 36.8 Å². The first-order chi connectivity index (χ1) is 18.7. The number of hydrogen-bond acceptors (Lipinski definition) is 5. The van der Waals surface area contributed by atoms with Crippen LogP contribution in [0.3, 0.4) is 0 Å². The van der Waals surface area contributed by atoms with Crippen LogP contribution in [0.15, 0.2) is 67.0 Å². The Morgan fingerprint density at radius 1 is 0.553 bits per heavy atom. The topological polar surface area (TPSA) is 94.3 Å². The molecule has 4 fully saturated rings. The Labute approximate surface area is 220 Å². The molecule has 2 saturated carbocycles. The van der Waals surface area contributed by atoms with Gasteiger partial charge >= 0.3 is 0 Å². The Kier molecular flexibility index (Phi) is 4.37. The number of piperidine rings is 2. The Morgan fingerprint density at radius 3 is 1.87 bits per heavy atom. The second kappa shape index (κ2) is 7.85. The van der Waals surface area contributed by atoms with Crippen molar-refractivity contribution in [1.82, 2.24) is 35.6 Å². The lowest BCUT2D eigenvalue weighted by Crippen LogP contribution is -2.18. The number of aromatic amines is 2. The van der Waals surface area contributed by atoms with E-state index in [1.54, 1.807) is 0 Å². The van der Waals surface area contributed by atoms with Gasteiger partial charge in [0.05, 0.1) is 29.0 Å². The molecule has 2 saturated heterocycles. The van der Waals surface area contributed by atoms with Crippen molar-refractivity contribution in [2.75, 3.05) is 0 Å². The van der Waals surface area contributed by atoms with E-state index in [0.29, 0.717) is 18.1 Å². The van der Waals surface area contributed by atoms with Crippen molar-refractivity contribution in [3.05, 3.63) is 78.6 Å². The predicted octanol–water partition coefficient (Wildman–Crippen LogP) is 5.53. The van der Waals surface area contributed by atoms with Gasteiger partial charge in [0.25, 0.3) is 0 Å². The normalized spacial score (nSPS) is 28.9. The van der Waals surface area contributed by atoms with E-state index >= 15 is 0 Å². The molecule has 3 aromatic heterocycles. The summed E-state index contributed by atoms with van der Waals surface area (Å²) in [7, 11) is 0. The number of nitrogens with one attached hydrogen (secondary N) is 4. The smallest absolute Gasteiger partial charge is 0.124 e. The Balaban J connectivity index is 0.938. The first kappa shape index (κ1) is 21.2. The number of imidazole rings is 2. The molecule has 4 N–H and O–H groups in total. The largest absolute Gasteiger partial charge is 0.347 e. The number of nitrogens with zero attached hydrogens (tertiary/aromatic N) is 3. The van der Waals surface area contributed by atoms with Gasteiger partial charge in [-0.3, -0.25) is 0 Å². The first-order valence-electron chi connectivity index (χ1n) is 13.9. The third kappa shape index (κ3) is 3.53. The van der Waals surface area contributed by atoms with E-state index in [0.717, 1.165) is 63.1 Å². The van der Waals surface area contributed by atoms with E-state index in [1.807, 2.05) is 12.4 Å². The molecule has 6 atom stereocenters. The minimum Gasteiger partial charge on any atom is -0.347 e. The molecule has 4 aliphatic rings. The van der Waals surface area contributed by atoms with Gasteiger partial charge in [-0.15, -0.1) is 0 Å². The highest BCUT2D eigenvalue weighted by molar-refractivity contribution is 5.86. The van der Waals surface area contributed by atoms with Crippen LogP contribution in [0.4, 0.5) is 0 Å². The highest BCUT2D eigenvalue weighted by Gasteiger charge is 2.47. The van der Waals surface area contributed by atoms with Gasteiger partial charge in [0, 0.05) is 35.4 Å². The van der Waals surface area contributed by atoms with Gasteiger partial charge in [-0.1, -0.05) is 36.4 Å². The van der Waals surface area contributed by atoms with E-state index in [9.17, 15) is 0 Å². The van der Waals surface area contributed by atoms with Crippen LogP contribution in [0.1, 0.15) is 49.4 Å². The number of fused-ring (bicyclic) bond motifs is 3. The molecule has 0 unspecified atom stereocenters. The van der Waals surface area contributed by atoms with Gasteiger partial charge in [-0.2, -0.15) is 0 Å². The third-order valence-corrected chi connectivity index (χ3v) is 9.07. The number of rotatable bonds is 5. The maximum absolute atomic E-state index is 4.92. The third-order valence-electron chi connectivity index (χ3n) is 9.07. The maximum atomic E-state index is 4.92. The number of benzene rings is 2. The van der Waals surface area contributed by atoms with Gasteiger partial charge in [-0.25, -0.2) is 15.0 Å². The van der Waals surface area contributed by atoms with Crippen molar-refractivity contribution in [1.29, 1.82) is 0 Å². The zero-order valence-electron chi connectivity index (χ0n) is 21.0. The molecular formula is C31H29N7. The fourth-order valence-corrected chi connectivity index (χ4v) is 6.65. The summed E-state index contributed by atoms with van der Waals surface area (Å²) < 4.78 is 0. The van der Waals surface area contributed by atoms with Crippen molar-refractivity contribution in [2.24, 2.45) is 11.8 Å². The number of hydrogen-bond donors (Lipinski definition) is 4. The van der Waals surface area contributed by atoms with Gasteiger partial charge in [0.2, 0.25) is 0 Å². The quantitative estimate of drug-likeness (QED) is 0.255. The number of H-pyrrole nitrogens is 2. The molecule has 7 nitrogen and oxygen atoms in total. The average molecular weight is 500 g/mol. The molecule has 2 aromatic carbocycles. The van der Waals surface area contributed by atoms with E-state index in [-0.39, 0.29) is 0 Å². The highest BCUT2D eigenvalue weighted by Crippen LogP contribution is 2.46. The zero-order valence-corrected chi connectivity index (χ0v) is 21.0. The van der Waals surface area contributed by atoms with Crippen LogP contribution in [-0.2, 0) is 0 Å². The monoisotopic (exact) mass is 499 g/mol. The van der Waals surface area contributed by atoms with Gasteiger partial charge < -0.3 is 20.6 Å².